The van der Waals surface area contributed by atoms with Crippen LogP contribution < -0.4 is 5.32 Å². The second-order valence-electron chi connectivity index (χ2n) is 6.89. The average Bonchev–Trinajstić information content (AvgIpc) is 3.19. The maximum atomic E-state index is 13.3. The third-order valence-corrected chi connectivity index (χ3v) is 4.87. The molecule has 2 heterocycles. The van der Waals surface area contributed by atoms with Crippen molar-refractivity contribution in [3.05, 3.63) is 65.4 Å². The quantitative estimate of drug-likeness (QED) is 0.743. The number of aromatic nitrogens is 1. The van der Waals surface area contributed by atoms with Gasteiger partial charge in [-0.05, 0) is 61.8 Å². The number of carbonyl (C=O) groups excluding carboxylic acids is 1. The van der Waals surface area contributed by atoms with Gasteiger partial charge in [0, 0.05) is 29.2 Å². The average molecular weight is 355 g/mol. The summed E-state index contributed by atoms with van der Waals surface area (Å²) in [5, 5.41) is 3.47. The van der Waals surface area contributed by atoms with E-state index in [0.717, 1.165) is 48.6 Å². The molecule has 4 nitrogen and oxygen atoms in total. The molecular weight excluding hydrogens is 336 g/mol. The number of likely N-dealkylation sites (N-methyl/N-ethyl adjacent to an activating group) is 1. The molecule has 1 aliphatic heterocycles. The van der Waals surface area contributed by atoms with E-state index in [-0.39, 0.29) is 5.69 Å². The molecule has 26 heavy (non-hydrogen) atoms. The Bertz CT molecular complexity index is 962. The third-order valence-electron chi connectivity index (χ3n) is 4.87. The van der Waals surface area contributed by atoms with E-state index < -0.39 is 17.5 Å². The zero-order valence-corrected chi connectivity index (χ0v) is 14.4. The lowest BCUT2D eigenvalue weighted by Gasteiger charge is -2.10. The van der Waals surface area contributed by atoms with Gasteiger partial charge in [0.1, 0.15) is 17.3 Å². The van der Waals surface area contributed by atoms with E-state index in [0.29, 0.717) is 11.6 Å². The molecule has 134 valence electrons. The molecule has 2 N–H and O–H groups in total. The Hall–Kier alpha value is -2.73. The number of likely N-dealkylation sites (tertiary alicyclic amines) is 1. The maximum Gasteiger partial charge on any atom is 0.272 e. The van der Waals surface area contributed by atoms with E-state index in [9.17, 15) is 13.6 Å². The first-order valence-corrected chi connectivity index (χ1v) is 8.56. The number of nitrogens with zero attached hydrogens (tertiary/aromatic N) is 1. The Balaban J connectivity index is 1.57. The lowest BCUT2D eigenvalue weighted by molar-refractivity contribution is 0.102. The van der Waals surface area contributed by atoms with Gasteiger partial charge in [-0.1, -0.05) is 6.07 Å². The second kappa shape index (κ2) is 6.53. The van der Waals surface area contributed by atoms with Crippen molar-refractivity contribution in [2.45, 2.75) is 12.3 Å². The molecule has 1 aliphatic rings. The minimum atomic E-state index is -0.733. The molecule has 4 rings (SSSR count). The van der Waals surface area contributed by atoms with Crippen LogP contribution in [0.1, 0.15) is 28.4 Å². The summed E-state index contributed by atoms with van der Waals surface area (Å²) in [6, 6.07) is 10.9. The van der Waals surface area contributed by atoms with Crippen LogP contribution >= 0.6 is 0 Å². The zero-order chi connectivity index (χ0) is 18.3. The van der Waals surface area contributed by atoms with Crippen LogP contribution in [0, 0.1) is 11.6 Å². The van der Waals surface area contributed by atoms with Crippen LogP contribution in [0.25, 0.3) is 10.9 Å². The first kappa shape index (κ1) is 16.7. The number of aromatic amines is 1. The predicted octanol–water partition coefficient (Wildman–Crippen LogP) is 4.12. The molecule has 0 saturated carbocycles. The molecule has 1 amide bonds. The lowest BCUT2D eigenvalue weighted by Crippen LogP contribution is -2.13. The number of amides is 1. The molecule has 0 bridgehead atoms. The number of rotatable bonds is 3. The number of anilines is 1. The minimum Gasteiger partial charge on any atom is -0.351 e. The molecule has 0 radical (unpaired) electrons. The van der Waals surface area contributed by atoms with E-state index in [4.69, 9.17) is 0 Å². The molecule has 0 aliphatic carbocycles. The van der Waals surface area contributed by atoms with E-state index in [1.807, 2.05) is 6.07 Å². The number of H-pyrrole nitrogens is 1. The molecule has 1 fully saturated rings. The molecule has 6 heteroatoms. The fourth-order valence-corrected chi connectivity index (χ4v) is 3.56. The van der Waals surface area contributed by atoms with E-state index in [1.165, 1.54) is 5.56 Å². The van der Waals surface area contributed by atoms with Gasteiger partial charge in [-0.2, -0.15) is 0 Å². The summed E-state index contributed by atoms with van der Waals surface area (Å²) in [4.78, 5) is 17.8. The minimum absolute atomic E-state index is 0.0841. The summed E-state index contributed by atoms with van der Waals surface area (Å²) < 4.78 is 26.5. The number of halogens is 2. The summed E-state index contributed by atoms with van der Waals surface area (Å²) >= 11 is 0. The van der Waals surface area contributed by atoms with E-state index >= 15 is 0 Å². The van der Waals surface area contributed by atoms with Crippen molar-refractivity contribution in [1.82, 2.24) is 9.88 Å². The molecule has 1 saturated heterocycles. The normalized spacial score (nSPS) is 17.7. The van der Waals surface area contributed by atoms with Crippen molar-refractivity contribution < 1.29 is 13.6 Å². The number of fused-ring (bicyclic) bond motifs is 1. The van der Waals surface area contributed by atoms with E-state index in [1.54, 1.807) is 6.07 Å². The largest absolute Gasteiger partial charge is 0.351 e. The number of benzene rings is 2. The molecule has 0 spiro atoms. The number of carbonyl (C=O) groups is 1. The molecule has 0 unspecified atom stereocenters. The third kappa shape index (κ3) is 3.32. The van der Waals surface area contributed by atoms with Crippen LogP contribution in [0.4, 0.5) is 14.5 Å². The van der Waals surface area contributed by atoms with Crippen LogP contribution in [0.2, 0.25) is 0 Å². The van der Waals surface area contributed by atoms with Gasteiger partial charge < -0.3 is 15.2 Å². The van der Waals surface area contributed by atoms with Crippen molar-refractivity contribution in [2.75, 3.05) is 25.5 Å². The van der Waals surface area contributed by atoms with Crippen LogP contribution in [0.5, 0.6) is 0 Å². The monoisotopic (exact) mass is 355 g/mol. The molecule has 1 aromatic heterocycles. The first-order chi connectivity index (χ1) is 12.5. The molecule has 3 aromatic rings. The fraction of sp³-hybridized carbons (Fsp3) is 0.250. The van der Waals surface area contributed by atoms with Crippen molar-refractivity contribution in [2.24, 2.45) is 0 Å². The van der Waals surface area contributed by atoms with Crippen LogP contribution in [-0.4, -0.2) is 35.9 Å². The summed E-state index contributed by atoms with van der Waals surface area (Å²) in [5.74, 6) is -1.40. The molecule has 1 atom stereocenters. The predicted molar refractivity (Wildman–Crippen MR) is 97.5 cm³/mol. The summed E-state index contributed by atoms with van der Waals surface area (Å²) in [7, 11) is 2.12. The van der Waals surface area contributed by atoms with Gasteiger partial charge in [0.2, 0.25) is 0 Å². The van der Waals surface area contributed by atoms with Gasteiger partial charge in [0.25, 0.3) is 5.91 Å². The number of hydrogen-bond acceptors (Lipinski definition) is 2. The highest BCUT2D eigenvalue weighted by Gasteiger charge is 2.21. The summed E-state index contributed by atoms with van der Waals surface area (Å²) in [6.07, 6.45) is 1.13. The highest BCUT2D eigenvalue weighted by atomic mass is 19.1. The van der Waals surface area contributed by atoms with Gasteiger partial charge in [0.15, 0.2) is 0 Å². The SMILES string of the molecule is CN1CC[C@@H](c2ccc3[nH]c(C(=O)Nc4cc(F)cc(F)c4)cc3c2)C1. The van der Waals surface area contributed by atoms with Crippen LogP contribution in [0.15, 0.2) is 42.5 Å². The van der Waals surface area contributed by atoms with Crippen molar-refractivity contribution in [3.63, 3.8) is 0 Å². The Morgan fingerprint density at radius 3 is 2.62 bits per heavy atom. The maximum absolute atomic E-state index is 13.3. The Kier molecular flexibility index (Phi) is 4.20. The number of nitrogens with one attached hydrogen (secondary N) is 2. The Morgan fingerprint density at radius 2 is 1.92 bits per heavy atom. The van der Waals surface area contributed by atoms with Crippen LogP contribution in [-0.2, 0) is 0 Å². The fourth-order valence-electron chi connectivity index (χ4n) is 3.56. The van der Waals surface area contributed by atoms with Gasteiger partial charge in [0.05, 0.1) is 0 Å². The smallest absolute Gasteiger partial charge is 0.272 e. The van der Waals surface area contributed by atoms with E-state index in [2.05, 4.69) is 34.4 Å². The van der Waals surface area contributed by atoms with Gasteiger partial charge in [-0.15, -0.1) is 0 Å². The van der Waals surface area contributed by atoms with Crippen molar-refractivity contribution in [3.8, 4) is 0 Å². The summed E-state index contributed by atoms with van der Waals surface area (Å²) in [6.45, 7) is 2.13. The number of hydrogen-bond donors (Lipinski definition) is 2. The van der Waals surface area contributed by atoms with Crippen molar-refractivity contribution >= 4 is 22.5 Å². The standard InChI is InChI=1S/C20H19F2N3O/c1-25-5-4-13(11-25)12-2-3-18-14(6-12)7-19(24-18)20(26)23-17-9-15(21)8-16(22)10-17/h2-3,6-10,13,24H,4-5,11H2,1H3,(H,23,26)/t13-/m1/s1. The molecular formula is C20H19F2N3O. The van der Waals surface area contributed by atoms with Gasteiger partial charge >= 0.3 is 0 Å². The zero-order valence-electron chi connectivity index (χ0n) is 14.4. The topological polar surface area (TPSA) is 48.1 Å². The Morgan fingerprint density at radius 1 is 1.15 bits per heavy atom. The highest BCUT2D eigenvalue weighted by molar-refractivity contribution is 6.06. The van der Waals surface area contributed by atoms with Crippen LogP contribution in [0.3, 0.4) is 0 Å². The molecule has 2 aromatic carbocycles. The summed E-state index contributed by atoms with van der Waals surface area (Å²) in [5.41, 5.74) is 2.56. The Labute approximate surface area is 149 Å². The second-order valence-corrected chi connectivity index (χ2v) is 6.89. The van der Waals surface area contributed by atoms with Gasteiger partial charge in [-0.25, -0.2) is 8.78 Å². The highest BCUT2D eigenvalue weighted by Crippen LogP contribution is 2.29. The lowest BCUT2D eigenvalue weighted by atomic mass is 9.97. The first-order valence-electron chi connectivity index (χ1n) is 8.56. The van der Waals surface area contributed by atoms with Gasteiger partial charge in [-0.3, -0.25) is 4.79 Å². The van der Waals surface area contributed by atoms with Crippen molar-refractivity contribution in [1.29, 1.82) is 0 Å².